The van der Waals surface area contributed by atoms with E-state index in [0.717, 1.165) is 18.8 Å². The van der Waals surface area contributed by atoms with Crippen LogP contribution in [-0.2, 0) is 4.79 Å². The largest absolute Gasteiger partial charge is 0.366 e. The molecule has 0 saturated carbocycles. The second kappa shape index (κ2) is 7.38. The molecule has 1 heterocycles. The molecule has 0 spiro atoms. The fourth-order valence-corrected chi connectivity index (χ4v) is 3.12. The molecule has 1 fully saturated rings. The van der Waals surface area contributed by atoms with Crippen molar-refractivity contribution in [3.63, 3.8) is 0 Å². The molecular formula is C19H23N4O+. The van der Waals surface area contributed by atoms with Gasteiger partial charge in [-0.25, -0.2) is 0 Å². The number of rotatable bonds is 4. The van der Waals surface area contributed by atoms with Crippen LogP contribution in [-0.4, -0.2) is 24.7 Å². The standard InChI is InChI=1S/C19H22N4O/c20-18-15(3-1-5-17(18)19(21)24)12-23-16-8-6-13(7-9-16)14-4-2-10-22-11-14/h1,3,5-9,12,14,20,22-23H,2,4,10-11H2,(H2,21,24)/p+1. The van der Waals surface area contributed by atoms with E-state index in [2.05, 4.69) is 29.6 Å². The third-order valence-electron chi connectivity index (χ3n) is 4.52. The molecule has 0 bridgehead atoms. The first-order valence-electron chi connectivity index (χ1n) is 8.28. The molecule has 5 heteroatoms. The molecule has 3 rings (SSSR count). The van der Waals surface area contributed by atoms with Crippen LogP contribution in [0.5, 0.6) is 0 Å². The summed E-state index contributed by atoms with van der Waals surface area (Å²) in [4.78, 5) is 11.3. The van der Waals surface area contributed by atoms with Crippen molar-refractivity contribution in [3.8, 4) is 0 Å². The summed E-state index contributed by atoms with van der Waals surface area (Å²) >= 11 is 0. The lowest BCUT2D eigenvalue weighted by Crippen LogP contribution is -2.71. The highest BCUT2D eigenvalue weighted by Crippen LogP contribution is 2.23. The van der Waals surface area contributed by atoms with Crippen molar-refractivity contribution in [1.82, 2.24) is 5.32 Å². The van der Waals surface area contributed by atoms with Crippen molar-refractivity contribution in [2.75, 3.05) is 13.1 Å². The SMILES string of the molecule is N=C1C(=C[NH2+]c2ccc(C3CCCNC3)cc2)C=CC=C1C(N)=O. The van der Waals surface area contributed by atoms with Gasteiger partial charge in [0, 0.05) is 6.54 Å². The van der Waals surface area contributed by atoms with Crippen LogP contribution in [0.4, 0.5) is 5.69 Å². The van der Waals surface area contributed by atoms with Crippen molar-refractivity contribution in [3.05, 3.63) is 65.4 Å². The molecule has 1 aliphatic heterocycles. The van der Waals surface area contributed by atoms with Crippen molar-refractivity contribution >= 4 is 17.3 Å². The van der Waals surface area contributed by atoms with Crippen LogP contribution in [0, 0.1) is 5.41 Å². The van der Waals surface area contributed by atoms with Gasteiger partial charge in [-0.1, -0.05) is 18.2 Å². The van der Waals surface area contributed by atoms with Gasteiger partial charge in [-0.15, -0.1) is 0 Å². The van der Waals surface area contributed by atoms with E-state index in [0.29, 0.717) is 11.5 Å². The number of quaternary nitrogens is 1. The Kier molecular flexibility index (Phi) is 5.03. The Labute approximate surface area is 141 Å². The molecule has 24 heavy (non-hydrogen) atoms. The Bertz CT molecular complexity index is 722. The van der Waals surface area contributed by atoms with E-state index in [4.69, 9.17) is 11.1 Å². The summed E-state index contributed by atoms with van der Waals surface area (Å²) in [7, 11) is 0. The first kappa shape index (κ1) is 16.4. The first-order valence-corrected chi connectivity index (χ1v) is 8.28. The number of benzene rings is 1. The van der Waals surface area contributed by atoms with Gasteiger partial charge >= 0.3 is 0 Å². The summed E-state index contributed by atoms with van der Waals surface area (Å²) in [6.07, 6.45) is 9.46. The third kappa shape index (κ3) is 3.69. The number of carbonyl (C=O) groups is 1. The number of nitrogens with one attached hydrogen (secondary N) is 2. The van der Waals surface area contributed by atoms with E-state index in [1.165, 1.54) is 18.4 Å². The van der Waals surface area contributed by atoms with Crippen LogP contribution in [0.2, 0.25) is 0 Å². The van der Waals surface area contributed by atoms with Crippen molar-refractivity contribution in [2.24, 2.45) is 5.73 Å². The quantitative estimate of drug-likeness (QED) is 0.627. The van der Waals surface area contributed by atoms with Gasteiger partial charge in [0.1, 0.15) is 11.9 Å². The molecule has 6 N–H and O–H groups in total. The van der Waals surface area contributed by atoms with E-state index in [1.54, 1.807) is 12.2 Å². The molecule has 1 amide bonds. The number of allylic oxidation sites excluding steroid dienone is 4. The number of hydrogen-bond acceptors (Lipinski definition) is 3. The van der Waals surface area contributed by atoms with Gasteiger partial charge in [-0.05, 0) is 55.2 Å². The minimum atomic E-state index is -0.569. The summed E-state index contributed by atoms with van der Waals surface area (Å²) in [5, 5.41) is 13.5. The molecule has 1 aromatic carbocycles. The van der Waals surface area contributed by atoms with Crippen molar-refractivity contribution < 1.29 is 10.1 Å². The molecule has 1 aromatic rings. The average molecular weight is 323 g/mol. The van der Waals surface area contributed by atoms with Crippen molar-refractivity contribution in [1.29, 1.82) is 5.41 Å². The monoisotopic (exact) mass is 323 g/mol. The maximum Gasteiger partial charge on any atom is 0.250 e. The molecular weight excluding hydrogens is 300 g/mol. The lowest BCUT2D eigenvalue weighted by molar-refractivity contribution is -0.496. The van der Waals surface area contributed by atoms with E-state index in [1.807, 2.05) is 17.6 Å². The Balaban J connectivity index is 1.66. The van der Waals surface area contributed by atoms with Gasteiger partial charge in [0.25, 0.3) is 5.91 Å². The molecule has 1 aliphatic carbocycles. The zero-order valence-corrected chi connectivity index (χ0v) is 13.6. The summed E-state index contributed by atoms with van der Waals surface area (Å²) < 4.78 is 0. The van der Waals surface area contributed by atoms with E-state index in [9.17, 15) is 4.79 Å². The third-order valence-corrected chi connectivity index (χ3v) is 4.52. The molecule has 1 atom stereocenters. The van der Waals surface area contributed by atoms with Crippen LogP contribution in [0.1, 0.15) is 24.3 Å². The Morgan fingerprint density at radius 1 is 1.33 bits per heavy atom. The highest BCUT2D eigenvalue weighted by Gasteiger charge is 2.18. The lowest BCUT2D eigenvalue weighted by atomic mass is 9.91. The second-order valence-electron chi connectivity index (χ2n) is 6.18. The predicted octanol–water partition coefficient (Wildman–Crippen LogP) is 1.23. The Hall–Kier alpha value is -2.50. The molecule has 0 radical (unpaired) electrons. The molecule has 1 saturated heterocycles. The van der Waals surface area contributed by atoms with Gasteiger partial charge in [0.15, 0.2) is 0 Å². The fourth-order valence-electron chi connectivity index (χ4n) is 3.12. The highest BCUT2D eigenvalue weighted by molar-refractivity contribution is 6.28. The highest BCUT2D eigenvalue weighted by atomic mass is 16.1. The minimum absolute atomic E-state index is 0.172. The van der Waals surface area contributed by atoms with Crippen LogP contribution in [0.25, 0.3) is 0 Å². The number of primary amides is 1. The normalized spacial score (nSPS) is 22.5. The average Bonchev–Trinajstić information content (AvgIpc) is 2.62. The molecule has 0 aromatic heterocycles. The number of carbonyl (C=O) groups excluding carboxylic acids is 1. The second-order valence-corrected chi connectivity index (χ2v) is 6.18. The van der Waals surface area contributed by atoms with Gasteiger partial charge in [-0.3, -0.25) is 15.5 Å². The molecule has 2 aliphatic rings. The topological polar surface area (TPSA) is 95.6 Å². The van der Waals surface area contributed by atoms with E-state index in [-0.39, 0.29) is 11.3 Å². The number of hydrogen-bond donors (Lipinski definition) is 4. The van der Waals surface area contributed by atoms with Crippen molar-refractivity contribution in [2.45, 2.75) is 18.8 Å². The van der Waals surface area contributed by atoms with E-state index < -0.39 is 5.91 Å². The summed E-state index contributed by atoms with van der Waals surface area (Å²) in [5.74, 6) is 0.0320. The maximum atomic E-state index is 11.3. The minimum Gasteiger partial charge on any atom is -0.366 e. The number of nitrogens with two attached hydrogens (primary N) is 2. The van der Waals surface area contributed by atoms with Crippen LogP contribution in [0.15, 0.2) is 59.8 Å². The first-order chi connectivity index (χ1) is 11.6. The summed E-state index contributed by atoms with van der Waals surface area (Å²) in [6.45, 7) is 2.18. The van der Waals surface area contributed by atoms with Crippen LogP contribution >= 0.6 is 0 Å². The van der Waals surface area contributed by atoms with Crippen LogP contribution < -0.4 is 16.4 Å². The molecule has 1 unspecified atom stereocenters. The summed E-state index contributed by atoms with van der Waals surface area (Å²) in [5.41, 5.74) is 8.84. The number of amides is 1. The molecule has 5 nitrogen and oxygen atoms in total. The Morgan fingerprint density at radius 3 is 2.79 bits per heavy atom. The predicted molar refractivity (Wildman–Crippen MR) is 95.1 cm³/mol. The Morgan fingerprint density at radius 2 is 2.12 bits per heavy atom. The van der Waals surface area contributed by atoms with Gasteiger partial charge < -0.3 is 11.1 Å². The van der Waals surface area contributed by atoms with Gasteiger partial charge in [0.2, 0.25) is 0 Å². The lowest BCUT2D eigenvalue weighted by Gasteiger charge is -2.23. The van der Waals surface area contributed by atoms with E-state index >= 15 is 0 Å². The smallest absolute Gasteiger partial charge is 0.250 e. The van der Waals surface area contributed by atoms with Gasteiger partial charge in [0.05, 0.1) is 16.9 Å². The zero-order chi connectivity index (χ0) is 16.9. The summed E-state index contributed by atoms with van der Waals surface area (Å²) in [6, 6.07) is 8.56. The zero-order valence-electron chi connectivity index (χ0n) is 13.6. The maximum absolute atomic E-state index is 11.3. The van der Waals surface area contributed by atoms with Gasteiger partial charge in [-0.2, -0.15) is 0 Å². The number of piperidine rings is 1. The molecule has 124 valence electrons. The fraction of sp³-hybridized carbons (Fsp3) is 0.263. The van der Waals surface area contributed by atoms with Crippen LogP contribution in [0.3, 0.4) is 0 Å².